The first kappa shape index (κ1) is 33.5. The van der Waals surface area contributed by atoms with Gasteiger partial charge in [0, 0.05) is 33.5 Å². The van der Waals surface area contributed by atoms with Gasteiger partial charge in [0.25, 0.3) is 0 Å². The number of rotatable bonds is 8. The van der Waals surface area contributed by atoms with Gasteiger partial charge < -0.3 is 5.32 Å². The van der Waals surface area contributed by atoms with Crippen LogP contribution in [0.15, 0.2) is 206 Å². The highest BCUT2D eigenvalue weighted by molar-refractivity contribution is 6.36. The summed E-state index contributed by atoms with van der Waals surface area (Å²) in [6, 6.07) is 71.3. The molecule has 0 saturated heterocycles. The van der Waals surface area contributed by atoms with Gasteiger partial charge in [0.2, 0.25) is 0 Å². The van der Waals surface area contributed by atoms with Crippen LogP contribution in [0.5, 0.6) is 0 Å². The number of fused-ring (bicyclic) bond motifs is 1. The molecule has 2 N–H and O–H groups in total. The molecule has 0 spiro atoms. The topological polar surface area (TPSA) is 48.8 Å². The first-order chi connectivity index (χ1) is 27.2. The highest BCUT2D eigenvalue weighted by atomic mass is 14.9. The fourth-order valence-electron chi connectivity index (χ4n) is 7.30. The van der Waals surface area contributed by atoms with E-state index >= 15 is 0 Å². The van der Waals surface area contributed by atoms with Gasteiger partial charge in [-0.1, -0.05) is 182 Å². The largest absolute Gasteiger partial charge is 0.354 e. The van der Waals surface area contributed by atoms with Crippen LogP contribution in [0.3, 0.4) is 0 Å². The van der Waals surface area contributed by atoms with Crippen molar-refractivity contribution in [3.05, 3.63) is 234 Å². The predicted octanol–water partition coefficient (Wildman–Crippen LogP) is 12.8. The zero-order valence-corrected chi connectivity index (χ0v) is 30.2. The molecule has 0 bridgehead atoms. The van der Waals surface area contributed by atoms with Crippen LogP contribution in [-0.2, 0) is 0 Å². The van der Waals surface area contributed by atoms with Crippen LogP contribution in [0.25, 0.3) is 67.8 Å². The molecule has 0 unspecified atom stereocenters. The molecule has 1 aliphatic heterocycles. The zero-order valence-electron chi connectivity index (χ0n) is 30.2. The first-order valence-electron chi connectivity index (χ1n) is 18.5. The van der Waals surface area contributed by atoms with Gasteiger partial charge in [-0.15, -0.1) is 0 Å². The van der Waals surface area contributed by atoms with Gasteiger partial charge in [0.15, 0.2) is 0 Å². The Kier molecular flexibility index (Phi) is 9.09. The molecule has 0 saturated carbocycles. The predicted molar refractivity (Wildman–Crippen MR) is 230 cm³/mol. The first-order valence-corrected chi connectivity index (χ1v) is 18.5. The number of pyridine rings is 1. The summed E-state index contributed by atoms with van der Waals surface area (Å²) in [5.41, 5.74) is 16.6. The van der Waals surface area contributed by atoms with Crippen LogP contribution in [0, 0.1) is 5.41 Å². The monoisotopic (exact) mass is 703 g/mol. The van der Waals surface area contributed by atoms with Gasteiger partial charge in [-0.05, 0) is 69.3 Å². The zero-order chi connectivity index (χ0) is 37.0. The van der Waals surface area contributed by atoms with Crippen molar-refractivity contribution in [1.29, 1.82) is 5.41 Å². The second kappa shape index (κ2) is 14.9. The van der Waals surface area contributed by atoms with E-state index in [4.69, 9.17) is 4.98 Å². The van der Waals surface area contributed by atoms with E-state index in [1.807, 2.05) is 66.7 Å². The van der Waals surface area contributed by atoms with Gasteiger partial charge in [-0.25, -0.2) is 4.98 Å². The molecule has 0 amide bonds. The number of allylic oxidation sites excluding steroid dienone is 1. The van der Waals surface area contributed by atoms with E-state index in [-0.39, 0.29) is 0 Å². The van der Waals surface area contributed by atoms with Crippen LogP contribution in [-0.4, -0.2) is 10.7 Å². The molecule has 3 heteroatoms. The molecule has 55 heavy (non-hydrogen) atoms. The van der Waals surface area contributed by atoms with Crippen molar-refractivity contribution < 1.29 is 0 Å². The van der Waals surface area contributed by atoms with E-state index in [2.05, 4.69) is 151 Å². The molecule has 0 radical (unpaired) electrons. The summed E-state index contributed by atoms with van der Waals surface area (Å²) >= 11 is 0. The minimum absolute atomic E-state index is 0.454. The Bertz CT molecular complexity index is 2700. The van der Waals surface area contributed by atoms with E-state index in [1.165, 1.54) is 5.56 Å². The Labute approximate surface area is 322 Å². The summed E-state index contributed by atoms with van der Waals surface area (Å²) in [4.78, 5) is 5.25. The van der Waals surface area contributed by atoms with Crippen molar-refractivity contribution in [1.82, 2.24) is 10.3 Å². The van der Waals surface area contributed by atoms with Gasteiger partial charge in [0.05, 0.1) is 22.8 Å². The lowest BCUT2D eigenvalue weighted by Crippen LogP contribution is -2.20. The average molecular weight is 704 g/mol. The quantitative estimate of drug-likeness (QED) is 0.155. The van der Waals surface area contributed by atoms with E-state index in [1.54, 1.807) is 0 Å². The molecule has 9 rings (SSSR count). The van der Waals surface area contributed by atoms with E-state index in [0.29, 0.717) is 5.71 Å². The number of nitrogens with one attached hydrogen (secondary N) is 2. The summed E-state index contributed by atoms with van der Waals surface area (Å²) < 4.78 is 0. The summed E-state index contributed by atoms with van der Waals surface area (Å²) in [7, 11) is 0. The van der Waals surface area contributed by atoms with E-state index in [9.17, 15) is 5.41 Å². The third kappa shape index (κ3) is 6.95. The van der Waals surface area contributed by atoms with Gasteiger partial charge >= 0.3 is 0 Å². The second-order valence-electron chi connectivity index (χ2n) is 13.6. The van der Waals surface area contributed by atoms with Crippen LogP contribution in [0.1, 0.15) is 27.8 Å². The number of hydrogen-bond acceptors (Lipinski definition) is 3. The number of nitrogens with zero attached hydrogens (tertiary/aromatic N) is 1. The van der Waals surface area contributed by atoms with Crippen molar-refractivity contribution in [2.75, 3.05) is 0 Å². The molecule has 8 aromatic rings. The highest BCUT2D eigenvalue weighted by Crippen LogP contribution is 2.39. The maximum absolute atomic E-state index is 9.69. The molecule has 0 fully saturated rings. The summed E-state index contributed by atoms with van der Waals surface area (Å²) in [5.74, 6) is 0. The molecule has 1 aliphatic rings. The smallest absolute Gasteiger partial charge is 0.0715 e. The highest BCUT2D eigenvalue weighted by Gasteiger charge is 2.24. The molecule has 1 aromatic heterocycles. The Hall–Kier alpha value is -7.36. The minimum Gasteiger partial charge on any atom is -0.354 e. The van der Waals surface area contributed by atoms with Crippen LogP contribution in [0.4, 0.5) is 0 Å². The normalized spacial score (nSPS) is 12.9. The Morgan fingerprint density at radius 2 is 0.909 bits per heavy atom. The van der Waals surface area contributed by atoms with Gasteiger partial charge in [-0.2, -0.15) is 0 Å². The van der Waals surface area contributed by atoms with E-state index in [0.717, 1.165) is 84.0 Å². The number of benzene rings is 7. The molecule has 0 aliphatic carbocycles. The third-order valence-electron chi connectivity index (χ3n) is 10.1. The van der Waals surface area contributed by atoms with Crippen LogP contribution in [0.2, 0.25) is 0 Å². The van der Waals surface area contributed by atoms with Crippen LogP contribution < -0.4 is 5.32 Å². The molecule has 3 nitrogen and oxygen atoms in total. The lowest BCUT2D eigenvalue weighted by atomic mass is 9.86. The summed E-state index contributed by atoms with van der Waals surface area (Å²) in [6.45, 7) is 0. The molecule has 7 aromatic carbocycles. The van der Waals surface area contributed by atoms with Gasteiger partial charge in [0.1, 0.15) is 0 Å². The Balaban J connectivity index is 1.26. The van der Waals surface area contributed by atoms with E-state index < -0.39 is 0 Å². The standard InChI is InChI=1S/C52H37N3/c53-51(40-25-14-5-15-26-40)50(39-23-12-4-13-24-39)52-46-32-42(29-30-43(46)33-48(55-52)38-21-10-3-11-22-38)45-34-47(37-19-8-2-9-20-37)54-49(35-45)44-28-16-27-41(31-44)36-17-6-1-7-18-36/h1-35,53,55H/b52-50-,53-51?. The fourth-order valence-corrected chi connectivity index (χ4v) is 7.30. The minimum atomic E-state index is 0.454. The Morgan fingerprint density at radius 1 is 0.400 bits per heavy atom. The molecule has 260 valence electrons. The van der Waals surface area contributed by atoms with Gasteiger partial charge in [-0.3, -0.25) is 5.41 Å². The van der Waals surface area contributed by atoms with Crippen molar-refractivity contribution in [3.63, 3.8) is 0 Å². The van der Waals surface area contributed by atoms with Crippen molar-refractivity contribution in [3.8, 4) is 44.8 Å². The molecular formula is C52H37N3. The lowest BCUT2D eigenvalue weighted by Gasteiger charge is -2.27. The number of aromatic nitrogens is 1. The maximum atomic E-state index is 9.69. The van der Waals surface area contributed by atoms with Crippen molar-refractivity contribution in [2.45, 2.75) is 0 Å². The Morgan fingerprint density at radius 3 is 1.56 bits per heavy atom. The number of hydrogen-bond donors (Lipinski definition) is 2. The third-order valence-corrected chi connectivity index (χ3v) is 10.1. The molecule has 2 heterocycles. The summed E-state index contributed by atoms with van der Waals surface area (Å²) in [6.07, 6.45) is 2.22. The second-order valence-corrected chi connectivity index (χ2v) is 13.6. The summed E-state index contributed by atoms with van der Waals surface area (Å²) in [5, 5.41) is 13.5. The lowest BCUT2D eigenvalue weighted by molar-refractivity contribution is 1.22. The van der Waals surface area contributed by atoms with Crippen LogP contribution >= 0.6 is 0 Å². The average Bonchev–Trinajstić information content (AvgIpc) is 3.27. The molecular weight excluding hydrogens is 667 g/mol. The maximum Gasteiger partial charge on any atom is 0.0715 e. The SMILES string of the molecule is N=C(/C(=C1\NC(c2ccccc2)=Cc2ccc(-c3cc(-c4ccccc4)nc(-c4cccc(-c5ccccc5)c4)c3)cc21)c1ccccc1)c1ccccc1. The van der Waals surface area contributed by atoms with Crippen molar-refractivity contribution in [2.24, 2.45) is 0 Å². The molecule has 0 atom stereocenters. The fraction of sp³-hybridized carbons (Fsp3) is 0. The van der Waals surface area contributed by atoms with Crippen molar-refractivity contribution >= 4 is 28.8 Å².